The van der Waals surface area contributed by atoms with Crippen LogP contribution in [0.5, 0.6) is 0 Å². The first-order valence-corrected chi connectivity index (χ1v) is 7.63. The first-order valence-electron chi connectivity index (χ1n) is 5.77. The number of rotatable bonds is 3. The van der Waals surface area contributed by atoms with Gasteiger partial charge in [0.05, 0.1) is 11.1 Å². The molecule has 0 bridgehead atoms. The maximum Gasteiger partial charge on any atom is 0.263 e. The van der Waals surface area contributed by atoms with Crippen molar-refractivity contribution in [1.29, 1.82) is 0 Å². The third-order valence-electron chi connectivity index (χ3n) is 2.73. The van der Waals surface area contributed by atoms with Gasteiger partial charge in [0.1, 0.15) is 5.65 Å². The van der Waals surface area contributed by atoms with Crippen LogP contribution in [0, 0.1) is 0 Å². The van der Waals surface area contributed by atoms with Gasteiger partial charge in [0.15, 0.2) is 5.82 Å². The topological polar surface area (TPSA) is 63.5 Å². The smallest absolute Gasteiger partial charge is 0.263 e. The van der Waals surface area contributed by atoms with Crippen molar-refractivity contribution < 1.29 is 8.42 Å². The zero-order valence-electron chi connectivity index (χ0n) is 10.2. The summed E-state index contributed by atoms with van der Waals surface area (Å²) in [7, 11) is -3.66. The van der Waals surface area contributed by atoms with Crippen LogP contribution in [-0.2, 0) is 10.0 Å². The lowest BCUT2D eigenvalue weighted by molar-refractivity contribution is 0.601. The Morgan fingerprint density at radius 3 is 2.55 bits per heavy atom. The molecule has 0 atom stereocenters. The molecule has 2 heterocycles. The molecule has 0 aliphatic rings. The second-order valence-corrected chi connectivity index (χ2v) is 6.27. The Bertz CT molecular complexity index is 824. The lowest BCUT2D eigenvalue weighted by Gasteiger charge is -2.04. The molecule has 0 amide bonds. The van der Waals surface area contributed by atoms with Crippen LogP contribution >= 0.6 is 11.6 Å². The molecule has 0 spiro atoms. The van der Waals surface area contributed by atoms with Crippen molar-refractivity contribution in [3.05, 3.63) is 59.9 Å². The number of imidazole rings is 1. The van der Waals surface area contributed by atoms with Gasteiger partial charge in [-0.25, -0.2) is 13.4 Å². The highest BCUT2D eigenvalue weighted by molar-refractivity contribution is 7.92. The summed E-state index contributed by atoms with van der Waals surface area (Å²) in [5.41, 5.74) is 0.668. The van der Waals surface area contributed by atoms with Gasteiger partial charge in [0.2, 0.25) is 0 Å². The average molecular weight is 308 g/mol. The molecule has 102 valence electrons. The fraction of sp³-hybridized carbons (Fsp3) is 0. The molecule has 5 nitrogen and oxygen atoms in total. The highest BCUT2D eigenvalue weighted by Crippen LogP contribution is 2.18. The Hall–Kier alpha value is -2.05. The molecule has 3 aromatic rings. The van der Waals surface area contributed by atoms with Gasteiger partial charge in [0, 0.05) is 11.2 Å². The average Bonchev–Trinajstić information content (AvgIpc) is 2.80. The SMILES string of the molecule is O=S(=O)(Nc1cn2ccccc2n1)c1ccc(Cl)cc1. The molecule has 0 saturated carbocycles. The minimum Gasteiger partial charge on any atom is -0.305 e. The van der Waals surface area contributed by atoms with Gasteiger partial charge in [-0.2, -0.15) is 0 Å². The minimum atomic E-state index is -3.66. The minimum absolute atomic E-state index is 0.138. The van der Waals surface area contributed by atoms with E-state index in [0.717, 1.165) is 0 Å². The maximum absolute atomic E-state index is 12.2. The number of nitrogens with one attached hydrogen (secondary N) is 1. The quantitative estimate of drug-likeness (QED) is 0.809. The van der Waals surface area contributed by atoms with Crippen molar-refractivity contribution in [2.75, 3.05) is 4.72 Å². The molecule has 2 aromatic heterocycles. The Morgan fingerprint density at radius 2 is 1.85 bits per heavy atom. The molecule has 20 heavy (non-hydrogen) atoms. The van der Waals surface area contributed by atoms with Crippen molar-refractivity contribution in [3.8, 4) is 0 Å². The van der Waals surface area contributed by atoms with Crippen LogP contribution in [0.4, 0.5) is 5.82 Å². The third kappa shape index (κ3) is 2.48. The zero-order valence-corrected chi connectivity index (χ0v) is 11.8. The van der Waals surface area contributed by atoms with E-state index in [1.54, 1.807) is 22.9 Å². The predicted molar refractivity (Wildman–Crippen MR) is 77.5 cm³/mol. The Kier molecular flexibility index (Phi) is 3.11. The number of aromatic nitrogens is 2. The number of hydrogen-bond donors (Lipinski definition) is 1. The zero-order chi connectivity index (χ0) is 14.2. The van der Waals surface area contributed by atoms with E-state index in [-0.39, 0.29) is 10.7 Å². The van der Waals surface area contributed by atoms with Gasteiger partial charge >= 0.3 is 0 Å². The largest absolute Gasteiger partial charge is 0.305 e. The highest BCUT2D eigenvalue weighted by Gasteiger charge is 2.15. The second-order valence-electron chi connectivity index (χ2n) is 4.15. The van der Waals surface area contributed by atoms with Gasteiger partial charge in [-0.15, -0.1) is 0 Å². The summed E-state index contributed by atoms with van der Waals surface area (Å²) in [6.45, 7) is 0. The lowest BCUT2D eigenvalue weighted by atomic mass is 10.4. The summed E-state index contributed by atoms with van der Waals surface area (Å²) >= 11 is 5.74. The number of hydrogen-bond acceptors (Lipinski definition) is 3. The third-order valence-corrected chi connectivity index (χ3v) is 4.35. The first kappa shape index (κ1) is 13.0. The van der Waals surface area contributed by atoms with E-state index in [9.17, 15) is 8.42 Å². The van der Waals surface area contributed by atoms with Crippen LogP contribution in [0.3, 0.4) is 0 Å². The van der Waals surface area contributed by atoms with E-state index in [0.29, 0.717) is 10.7 Å². The predicted octanol–water partition coefficient (Wildman–Crippen LogP) is 2.79. The lowest BCUT2D eigenvalue weighted by Crippen LogP contribution is -2.12. The fourth-order valence-electron chi connectivity index (χ4n) is 1.79. The van der Waals surface area contributed by atoms with Crippen LogP contribution < -0.4 is 4.72 Å². The second kappa shape index (κ2) is 4.81. The molecular formula is C13H10ClN3O2S. The molecule has 0 radical (unpaired) electrons. The highest BCUT2D eigenvalue weighted by atomic mass is 35.5. The molecule has 0 aliphatic carbocycles. The van der Waals surface area contributed by atoms with Gasteiger partial charge in [-0.1, -0.05) is 17.7 Å². The standard InChI is InChI=1S/C13H10ClN3O2S/c14-10-4-6-11(7-5-10)20(18,19)16-12-9-17-8-2-1-3-13(17)15-12/h1-9,16H. The summed E-state index contributed by atoms with van der Waals surface area (Å²) in [6, 6.07) is 11.4. The van der Waals surface area contributed by atoms with Gasteiger partial charge in [-0.05, 0) is 36.4 Å². The molecule has 7 heteroatoms. The molecule has 1 N–H and O–H groups in total. The van der Waals surface area contributed by atoms with Crippen LogP contribution in [0.1, 0.15) is 0 Å². The summed E-state index contributed by atoms with van der Waals surface area (Å²) in [5.74, 6) is 0.270. The van der Waals surface area contributed by atoms with E-state index >= 15 is 0 Å². The van der Waals surface area contributed by atoms with Crippen molar-refractivity contribution >= 4 is 33.1 Å². The van der Waals surface area contributed by atoms with Crippen molar-refractivity contribution in [3.63, 3.8) is 0 Å². The molecule has 3 rings (SSSR count). The van der Waals surface area contributed by atoms with Crippen molar-refractivity contribution in [2.45, 2.75) is 4.90 Å². The van der Waals surface area contributed by atoms with Crippen LogP contribution in [-0.4, -0.2) is 17.8 Å². The Morgan fingerprint density at radius 1 is 1.10 bits per heavy atom. The van der Waals surface area contributed by atoms with Crippen molar-refractivity contribution in [2.24, 2.45) is 0 Å². The number of nitrogens with zero attached hydrogens (tertiary/aromatic N) is 2. The van der Waals surface area contributed by atoms with Gasteiger partial charge in [0.25, 0.3) is 10.0 Å². The molecule has 0 saturated heterocycles. The molecule has 0 fully saturated rings. The first-order chi connectivity index (χ1) is 9.54. The van der Waals surface area contributed by atoms with E-state index in [1.807, 2.05) is 12.1 Å². The van der Waals surface area contributed by atoms with Crippen molar-refractivity contribution in [1.82, 2.24) is 9.38 Å². The van der Waals surface area contributed by atoms with E-state index in [4.69, 9.17) is 11.6 Å². The molecular weight excluding hydrogens is 298 g/mol. The monoisotopic (exact) mass is 307 g/mol. The number of sulfonamides is 1. The van der Waals surface area contributed by atoms with Gasteiger partial charge in [-0.3, -0.25) is 4.72 Å². The number of anilines is 1. The molecule has 0 aliphatic heterocycles. The number of halogens is 1. The van der Waals surface area contributed by atoms with Crippen LogP contribution in [0.2, 0.25) is 5.02 Å². The summed E-state index contributed by atoms with van der Waals surface area (Å²) in [5, 5.41) is 0.483. The summed E-state index contributed by atoms with van der Waals surface area (Å²) in [4.78, 5) is 4.33. The molecule has 1 aromatic carbocycles. The van der Waals surface area contributed by atoms with Crippen LogP contribution in [0.25, 0.3) is 5.65 Å². The summed E-state index contributed by atoms with van der Waals surface area (Å²) in [6.07, 6.45) is 3.41. The van der Waals surface area contributed by atoms with Crippen LogP contribution in [0.15, 0.2) is 59.8 Å². The Balaban J connectivity index is 1.94. The molecule has 0 unspecified atom stereocenters. The van der Waals surface area contributed by atoms with E-state index in [2.05, 4.69) is 9.71 Å². The number of benzene rings is 1. The number of pyridine rings is 1. The Labute approximate surface area is 120 Å². The normalized spacial score (nSPS) is 11.7. The fourth-order valence-corrected chi connectivity index (χ4v) is 2.91. The van der Waals surface area contributed by atoms with E-state index < -0.39 is 10.0 Å². The maximum atomic E-state index is 12.2. The van der Waals surface area contributed by atoms with Gasteiger partial charge < -0.3 is 4.40 Å². The number of fused-ring (bicyclic) bond motifs is 1. The van der Waals surface area contributed by atoms with E-state index in [1.165, 1.54) is 24.3 Å². The summed E-state index contributed by atoms with van der Waals surface area (Å²) < 4.78 is 28.5.